The van der Waals surface area contributed by atoms with Crippen LogP contribution in [-0.2, 0) is 9.84 Å². The lowest BCUT2D eigenvalue weighted by atomic mass is 10.1. The Bertz CT molecular complexity index is 428. The van der Waals surface area contributed by atoms with Crippen molar-refractivity contribution in [1.82, 2.24) is 5.32 Å². The van der Waals surface area contributed by atoms with Crippen LogP contribution in [0.15, 0.2) is 28.7 Å². The molecule has 90 valence electrons. The minimum absolute atomic E-state index is 0.162. The molecule has 0 unspecified atom stereocenters. The zero-order valence-corrected chi connectivity index (χ0v) is 11.8. The smallest absolute Gasteiger partial charge is 0.148 e. The van der Waals surface area contributed by atoms with E-state index in [9.17, 15) is 8.42 Å². The van der Waals surface area contributed by atoms with Gasteiger partial charge in [0.25, 0.3) is 0 Å². The van der Waals surface area contributed by atoms with Crippen molar-refractivity contribution in [3.05, 3.63) is 34.3 Å². The summed E-state index contributed by atoms with van der Waals surface area (Å²) in [7, 11) is -2.88. The maximum Gasteiger partial charge on any atom is 0.148 e. The van der Waals surface area contributed by atoms with E-state index in [1.54, 1.807) is 0 Å². The monoisotopic (exact) mass is 305 g/mol. The fourth-order valence-electron chi connectivity index (χ4n) is 1.33. The Morgan fingerprint density at radius 3 is 2.38 bits per heavy atom. The van der Waals surface area contributed by atoms with Gasteiger partial charge >= 0.3 is 0 Å². The number of sulfone groups is 1. The van der Waals surface area contributed by atoms with Gasteiger partial charge in [-0.25, -0.2) is 8.42 Å². The van der Waals surface area contributed by atoms with Crippen molar-refractivity contribution in [3.8, 4) is 0 Å². The van der Waals surface area contributed by atoms with Crippen LogP contribution in [0.3, 0.4) is 0 Å². The van der Waals surface area contributed by atoms with Gasteiger partial charge in [-0.05, 0) is 24.6 Å². The van der Waals surface area contributed by atoms with E-state index in [-0.39, 0.29) is 11.8 Å². The molecule has 0 radical (unpaired) electrons. The molecule has 5 heteroatoms. The van der Waals surface area contributed by atoms with E-state index in [4.69, 9.17) is 0 Å². The maximum atomic E-state index is 10.9. The van der Waals surface area contributed by atoms with E-state index in [0.29, 0.717) is 6.54 Å². The third-order valence-electron chi connectivity index (χ3n) is 2.29. The van der Waals surface area contributed by atoms with Gasteiger partial charge in [0.1, 0.15) is 9.84 Å². The van der Waals surface area contributed by atoms with Gasteiger partial charge in [-0.1, -0.05) is 28.1 Å². The van der Waals surface area contributed by atoms with Gasteiger partial charge in [-0.15, -0.1) is 0 Å². The normalized spacial score (nSPS) is 13.7. The molecule has 1 aromatic rings. The largest absolute Gasteiger partial charge is 0.309 e. The molecule has 0 heterocycles. The van der Waals surface area contributed by atoms with Crippen LogP contribution in [0.5, 0.6) is 0 Å². The summed E-state index contributed by atoms with van der Waals surface area (Å²) in [5, 5.41) is 3.18. The molecule has 3 nitrogen and oxygen atoms in total. The van der Waals surface area contributed by atoms with Crippen molar-refractivity contribution in [1.29, 1.82) is 0 Å². The highest BCUT2D eigenvalue weighted by Crippen LogP contribution is 2.16. The van der Waals surface area contributed by atoms with E-state index in [1.165, 1.54) is 6.26 Å². The topological polar surface area (TPSA) is 46.2 Å². The average Bonchev–Trinajstić information content (AvgIpc) is 2.16. The Kier molecular flexibility index (Phi) is 4.95. The van der Waals surface area contributed by atoms with Gasteiger partial charge in [-0.3, -0.25) is 0 Å². The third kappa shape index (κ3) is 5.09. The molecule has 0 saturated heterocycles. The van der Waals surface area contributed by atoms with Crippen LogP contribution in [0.4, 0.5) is 0 Å². The van der Waals surface area contributed by atoms with Crippen LogP contribution in [0.1, 0.15) is 18.5 Å². The minimum Gasteiger partial charge on any atom is -0.309 e. The summed E-state index contributed by atoms with van der Waals surface area (Å²) >= 11 is 3.37. The number of nitrogens with one attached hydrogen (secondary N) is 1. The zero-order chi connectivity index (χ0) is 12.2. The van der Waals surface area contributed by atoms with Crippen molar-refractivity contribution in [2.45, 2.75) is 13.0 Å². The van der Waals surface area contributed by atoms with Crippen molar-refractivity contribution in [3.63, 3.8) is 0 Å². The molecule has 0 aromatic heterocycles. The van der Waals surface area contributed by atoms with E-state index in [1.807, 2.05) is 31.2 Å². The standard InChI is InChI=1S/C11H16BrNO2S/c1-9(13-7-8-16(2,14)15)10-3-5-11(12)6-4-10/h3-6,9,13H,7-8H2,1-2H3/t9-/m0/s1. The molecule has 0 amide bonds. The molecular weight excluding hydrogens is 290 g/mol. The molecule has 0 spiro atoms. The highest BCUT2D eigenvalue weighted by molar-refractivity contribution is 9.10. The molecule has 1 N–H and O–H groups in total. The summed E-state index contributed by atoms with van der Waals surface area (Å²) in [4.78, 5) is 0. The summed E-state index contributed by atoms with van der Waals surface area (Å²) in [6.45, 7) is 2.50. The highest BCUT2D eigenvalue weighted by atomic mass is 79.9. The minimum atomic E-state index is -2.88. The van der Waals surface area contributed by atoms with Crippen LogP contribution in [0, 0.1) is 0 Å². The lowest BCUT2D eigenvalue weighted by molar-refractivity contribution is 0.576. The maximum absolute atomic E-state index is 10.9. The Morgan fingerprint density at radius 1 is 1.31 bits per heavy atom. The Labute approximate surface area is 105 Å². The molecule has 0 fully saturated rings. The van der Waals surface area contributed by atoms with E-state index >= 15 is 0 Å². The molecule has 0 aliphatic carbocycles. The van der Waals surface area contributed by atoms with Gasteiger partial charge < -0.3 is 5.32 Å². The second-order valence-electron chi connectivity index (χ2n) is 3.86. The number of rotatable bonds is 5. The van der Waals surface area contributed by atoms with Crippen LogP contribution in [-0.4, -0.2) is 27.0 Å². The summed E-state index contributed by atoms with van der Waals surface area (Å²) in [5.74, 6) is 0.174. The number of halogens is 1. The first-order valence-electron chi connectivity index (χ1n) is 5.05. The van der Waals surface area contributed by atoms with Crippen molar-refractivity contribution >= 4 is 25.8 Å². The number of hydrogen-bond donors (Lipinski definition) is 1. The SMILES string of the molecule is C[C@H](NCCS(C)(=O)=O)c1ccc(Br)cc1. The van der Waals surface area contributed by atoms with Crippen molar-refractivity contribution in [2.75, 3.05) is 18.6 Å². The number of benzene rings is 1. The lowest BCUT2D eigenvalue weighted by Crippen LogP contribution is -2.25. The lowest BCUT2D eigenvalue weighted by Gasteiger charge is -2.13. The molecule has 1 rings (SSSR count). The van der Waals surface area contributed by atoms with Crippen LogP contribution in [0.2, 0.25) is 0 Å². The van der Waals surface area contributed by atoms with Gasteiger partial charge in [0, 0.05) is 23.3 Å². The average molecular weight is 306 g/mol. The predicted octanol–water partition coefficient (Wildman–Crippen LogP) is 2.14. The molecule has 1 aromatic carbocycles. The van der Waals surface area contributed by atoms with Crippen LogP contribution < -0.4 is 5.32 Å². The highest BCUT2D eigenvalue weighted by Gasteiger charge is 2.06. The quantitative estimate of drug-likeness (QED) is 0.906. The first-order chi connectivity index (χ1) is 7.38. The molecule has 0 bridgehead atoms. The van der Waals surface area contributed by atoms with Crippen molar-refractivity contribution in [2.24, 2.45) is 0 Å². The van der Waals surface area contributed by atoms with Gasteiger partial charge in [0.2, 0.25) is 0 Å². The third-order valence-corrected chi connectivity index (χ3v) is 3.77. The Morgan fingerprint density at radius 2 is 1.88 bits per heavy atom. The van der Waals surface area contributed by atoms with E-state index < -0.39 is 9.84 Å². The van der Waals surface area contributed by atoms with Crippen LogP contribution in [0.25, 0.3) is 0 Å². The summed E-state index contributed by atoms with van der Waals surface area (Å²) in [6.07, 6.45) is 1.25. The molecule has 0 saturated carbocycles. The van der Waals surface area contributed by atoms with E-state index in [0.717, 1.165) is 10.0 Å². The summed E-state index contributed by atoms with van der Waals surface area (Å²) < 4.78 is 22.9. The Hall–Kier alpha value is -0.390. The fourth-order valence-corrected chi connectivity index (χ4v) is 2.08. The van der Waals surface area contributed by atoms with Gasteiger partial charge in [0.15, 0.2) is 0 Å². The van der Waals surface area contributed by atoms with Gasteiger partial charge in [0.05, 0.1) is 5.75 Å². The second-order valence-corrected chi connectivity index (χ2v) is 7.03. The molecule has 16 heavy (non-hydrogen) atoms. The fraction of sp³-hybridized carbons (Fsp3) is 0.455. The molecule has 0 aliphatic rings. The van der Waals surface area contributed by atoms with Crippen LogP contribution >= 0.6 is 15.9 Å². The molecule has 0 aliphatic heterocycles. The van der Waals surface area contributed by atoms with Gasteiger partial charge in [-0.2, -0.15) is 0 Å². The molecular formula is C11H16BrNO2S. The first-order valence-corrected chi connectivity index (χ1v) is 7.90. The molecule has 1 atom stereocenters. The zero-order valence-electron chi connectivity index (χ0n) is 9.40. The van der Waals surface area contributed by atoms with Crippen molar-refractivity contribution < 1.29 is 8.42 Å². The summed E-state index contributed by atoms with van der Waals surface area (Å²) in [6, 6.07) is 8.15. The second kappa shape index (κ2) is 5.80. The summed E-state index contributed by atoms with van der Waals surface area (Å²) in [5.41, 5.74) is 1.15. The van der Waals surface area contributed by atoms with E-state index in [2.05, 4.69) is 21.2 Å². The Balaban J connectivity index is 2.47. The predicted molar refractivity (Wildman–Crippen MR) is 70.3 cm³/mol. The first kappa shape index (κ1) is 13.7. The number of hydrogen-bond acceptors (Lipinski definition) is 3.